The van der Waals surface area contributed by atoms with E-state index in [-0.39, 0.29) is 23.8 Å². The predicted octanol–water partition coefficient (Wildman–Crippen LogP) is 5.95. The molecule has 0 unspecified atom stereocenters. The van der Waals surface area contributed by atoms with Crippen molar-refractivity contribution in [2.45, 2.75) is 27.7 Å². The van der Waals surface area contributed by atoms with Gasteiger partial charge >= 0.3 is 6.03 Å². The van der Waals surface area contributed by atoms with Gasteiger partial charge in [-0.2, -0.15) is 0 Å². The Bertz CT molecular complexity index is 1600. The van der Waals surface area contributed by atoms with Gasteiger partial charge in [0.25, 0.3) is 17.7 Å². The van der Waals surface area contributed by atoms with Gasteiger partial charge in [0, 0.05) is 10.7 Å². The van der Waals surface area contributed by atoms with Crippen molar-refractivity contribution >= 4 is 75.4 Å². The number of carbonyl (C=O) groups excluding carboxylic acids is 4. The molecule has 0 aliphatic carbocycles. The summed E-state index contributed by atoms with van der Waals surface area (Å²) in [6.45, 7) is 7.47. The first-order valence-electron chi connectivity index (χ1n) is 12.6. The molecular formula is C30H27ClIN3O6. The van der Waals surface area contributed by atoms with Crippen LogP contribution in [-0.2, 0) is 14.4 Å². The number of hydrogen-bond acceptors (Lipinski definition) is 6. The monoisotopic (exact) mass is 687 g/mol. The molecule has 0 radical (unpaired) electrons. The van der Waals surface area contributed by atoms with Gasteiger partial charge in [-0.05, 0) is 115 Å². The molecule has 0 bridgehead atoms. The molecule has 1 saturated heterocycles. The van der Waals surface area contributed by atoms with Crippen molar-refractivity contribution in [2.75, 3.05) is 23.4 Å². The summed E-state index contributed by atoms with van der Waals surface area (Å²) in [5, 5.41) is 5.40. The van der Waals surface area contributed by atoms with Crippen molar-refractivity contribution in [3.05, 3.63) is 85.0 Å². The summed E-state index contributed by atoms with van der Waals surface area (Å²) in [5.74, 6) is -1.29. The van der Waals surface area contributed by atoms with Crippen LogP contribution in [0.2, 0.25) is 5.02 Å². The summed E-state index contributed by atoms with van der Waals surface area (Å²) in [6, 6.07) is 12.9. The normalized spacial score (nSPS) is 14.2. The minimum absolute atomic E-state index is 0.247. The van der Waals surface area contributed by atoms with Crippen LogP contribution in [0, 0.1) is 24.3 Å². The van der Waals surface area contributed by atoms with Crippen LogP contribution in [0.15, 0.2) is 54.1 Å². The second-order valence-corrected chi connectivity index (χ2v) is 10.8. The average molecular weight is 688 g/mol. The largest absolute Gasteiger partial charge is 0.490 e. The molecule has 4 rings (SSSR count). The van der Waals surface area contributed by atoms with Gasteiger partial charge in [0.1, 0.15) is 5.57 Å². The number of amides is 5. The highest BCUT2D eigenvalue weighted by Crippen LogP contribution is 2.36. The summed E-state index contributed by atoms with van der Waals surface area (Å²) in [5.41, 5.74) is 3.84. The molecule has 0 aromatic heterocycles. The number of rotatable bonds is 8. The third-order valence-electron chi connectivity index (χ3n) is 6.36. The Morgan fingerprint density at radius 2 is 1.80 bits per heavy atom. The van der Waals surface area contributed by atoms with E-state index in [1.165, 1.54) is 6.08 Å². The second kappa shape index (κ2) is 12.7. The van der Waals surface area contributed by atoms with Crippen molar-refractivity contribution in [3.8, 4) is 11.5 Å². The molecule has 1 fully saturated rings. The Morgan fingerprint density at radius 3 is 2.51 bits per heavy atom. The lowest BCUT2D eigenvalue weighted by Gasteiger charge is -2.27. The number of carbonyl (C=O) groups is 4. The third kappa shape index (κ3) is 6.71. The number of anilines is 2. The highest BCUT2D eigenvalue weighted by Gasteiger charge is 2.37. The SMILES string of the molecule is CCOc1cc(/C=C2/C(=O)NC(=O)N(c3cccc(Cl)c3C)C2=O)cc(I)c1OCC(=O)Nc1ccc(C)c(C)c1. The van der Waals surface area contributed by atoms with Crippen molar-refractivity contribution < 1.29 is 28.7 Å². The van der Waals surface area contributed by atoms with Crippen molar-refractivity contribution in [1.82, 2.24) is 5.32 Å². The molecule has 0 spiro atoms. The summed E-state index contributed by atoms with van der Waals surface area (Å²) < 4.78 is 12.2. The van der Waals surface area contributed by atoms with Crippen LogP contribution in [0.25, 0.3) is 6.08 Å². The van der Waals surface area contributed by atoms with Gasteiger partial charge in [-0.1, -0.05) is 23.7 Å². The Morgan fingerprint density at radius 1 is 1.05 bits per heavy atom. The number of urea groups is 1. The van der Waals surface area contributed by atoms with E-state index in [1.807, 2.05) is 54.6 Å². The molecule has 5 amide bonds. The first-order valence-corrected chi connectivity index (χ1v) is 14.1. The number of imide groups is 2. The van der Waals surface area contributed by atoms with Crippen molar-refractivity contribution in [2.24, 2.45) is 0 Å². The molecule has 3 aromatic rings. The fourth-order valence-corrected chi connectivity index (χ4v) is 5.06. The lowest BCUT2D eigenvalue weighted by atomic mass is 10.1. The summed E-state index contributed by atoms with van der Waals surface area (Å²) in [6.07, 6.45) is 1.37. The molecular weight excluding hydrogens is 661 g/mol. The van der Waals surface area contributed by atoms with Gasteiger partial charge in [0.2, 0.25) is 0 Å². The van der Waals surface area contributed by atoms with Crippen LogP contribution >= 0.6 is 34.2 Å². The quantitative estimate of drug-likeness (QED) is 0.172. The first-order chi connectivity index (χ1) is 19.5. The molecule has 3 aromatic carbocycles. The molecule has 1 aliphatic heterocycles. The molecule has 9 nitrogen and oxygen atoms in total. The Balaban J connectivity index is 1.59. The number of nitrogens with zero attached hydrogens (tertiary/aromatic N) is 1. The zero-order chi connectivity index (χ0) is 29.8. The lowest BCUT2D eigenvalue weighted by Crippen LogP contribution is -2.54. The van der Waals surface area contributed by atoms with E-state index in [0.29, 0.717) is 43.5 Å². The van der Waals surface area contributed by atoms with E-state index in [2.05, 4.69) is 10.6 Å². The van der Waals surface area contributed by atoms with Crippen molar-refractivity contribution in [1.29, 1.82) is 0 Å². The molecule has 212 valence electrons. The second-order valence-electron chi connectivity index (χ2n) is 9.24. The van der Waals surface area contributed by atoms with Crippen molar-refractivity contribution in [3.63, 3.8) is 0 Å². The number of ether oxygens (including phenoxy) is 2. The minimum Gasteiger partial charge on any atom is -0.490 e. The summed E-state index contributed by atoms with van der Waals surface area (Å²) >= 11 is 8.23. The van der Waals surface area contributed by atoms with E-state index in [0.717, 1.165) is 16.0 Å². The van der Waals surface area contributed by atoms with Crippen LogP contribution < -0.4 is 25.0 Å². The number of barbiturate groups is 1. The van der Waals surface area contributed by atoms with Crippen LogP contribution in [0.4, 0.5) is 16.2 Å². The lowest BCUT2D eigenvalue weighted by molar-refractivity contribution is -0.122. The van der Waals surface area contributed by atoms with Gasteiger partial charge in [-0.25, -0.2) is 9.69 Å². The number of halogens is 2. The minimum atomic E-state index is -0.866. The number of nitrogens with one attached hydrogen (secondary N) is 2. The fourth-order valence-electron chi connectivity index (χ4n) is 4.11. The molecule has 0 saturated carbocycles. The Labute approximate surface area is 256 Å². The van der Waals surface area contributed by atoms with E-state index in [4.69, 9.17) is 21.1 Å². The molecule has 0 atom stereocenters. The third-order valence-corrected chi connectivity index (χ3v) is 7.57. The van der Waals surface area contributed by atoms with Crippen LogP contribution in [0.5, 0.6) is 11.5 Å². The van der Waals surface area contributed by atoms with E-state index < -0.39 is 17.8 Å². The number of aryl methyl sites for hydroxylation is 2. The van der Waals surface area contributed by atoms with E-state index in [1.54, 1.807) is 44.2 Å². The zero-order valence-electron chi connectivity index (χ0n) is 22.8. The van der Waals surface area contributed by atoms with E-state index >= 15 is 0 Å². The number of benzene rings is 3. The van der Waals surface area contributed by atoms with Crippen LogP contribution in [0.1, 0.15) is 29.2 Å². The fraction of sp³-hybridized carbons (Fsp3) is 0.200. The first kappa shape index (κ1) is 30.1. The van der Waals surface area contributed by atoms with Crippen LogP contribution in [-0.4, -0.2) is 37.0 Å². The number of hydrogen-bond donors (Lipinski definition) is 2. The van der Waals surface area contributed by atoms with Gasteiger partial charge in [0.15, 0.2) is 18.1 Å². The van der Waals surface area contributed by atoms with Gasteiger partial charge in [0.05, 0.1) is 15.9 Å². The topological polar surface area (TPSA) is 114 Å². The maximum Gasteiger partial charge on any atom is 0.335 e. The smallest absolute Gasteiger partial charge is 0.335 e. The summed E-state index contributed by atoms with van der Waals surface area (Å²) in [7, 11) is 0. The highest BCUT2D eigenvalue weighted by atomic mass is 127. The molecule has 1 heterocycles. The highest BCUT2D eigenvalue weighted by molar-refractivity contribution is 14.1. The predicted molar refractivity (Wildman–Crippen MR) is 166 cm³/mol. The summed E-state index contributed by atoms with van der Waals surface area (Å²) in [4.78, 5) is 52.2. The van der Waals surface area contributed by atoms with Gasteiger partial charge in [-0.15, -0.1) is 0 Å². The standard InChI is InChI=1S/C30H27ClIN3O6/c1-5-40-25-14-19(13-23(32)27(25)41-15-26(36)33-20-10-9-16(2)17(3)11-20)12-21-28(37)34-30(39)35(29(21)38)24-8-6-7-22(31)18(24)4/h6-14H,5,15H2,1-4H3,(H,33,36)(H,34,37,39)/b21-12-. The van der Waals surface area contributed by atoms with E-state index in [9.17, 15) is 19.2 Å². The molecule has 2 N–H and O–H groups in total. The molecule has 41 heavy (non-hydrogen) atoms. The molecule has 1 aliphatic rings. The van der Waals surface area contributed by atoms with Crippen LogP contribution in [0.3, 0.4) is 0 Å². The molecule has 11 heteroatoms. The maximum absolute atomic E-state index is 13.4. The average Bonchev–Trinajstić information content (AvgIpc) is 2.90. The Kier molecular flexibility index (Phi) is 9.34. The van der Waals surface area contributed by atoms with Gasteiger partial charge in [-0.3, -0.25) is 19.7 Å². The Hall–Kier alpha value is -3.90. The maximum atomic E-state index is 13.4. The van der Waals surface area contributed by atoms with Gasteiger partial charge < -0.3 is 14.8 Å². The zero-order valence-corrected chi connectivity index (χ0v) is 25.7.